The van der Waals surface area contributed by atoms with Crippen molar-refractivity contribution < 1.29 is 0 Å². The summed E-state index contributed by atoms with van der Waals surface area (Å²) in [7, 11) is 0. The Labute approximate surface area is 105 Å². The largest absolute Gasteiger partial charge is 0.317 e. The maximum absolute atomic E-state index is 3.57. The zero-order chi connectivity index (χ0) is 11.9. The Bertz CT molecular complexity index is 329. The van der Waals surface area contributed by atoms with Gasteiger partial charge >= 0.3 is 0 Å². The van der Waals surface area contributed by atoms with Crippen molar-refractivity contribution in [2.75, 3.05) is 19.6 Å². The van der Waals surface area contributed by atoms with E-state index in [1.165, 1.54) is 43.5 Å². The molecule has 0 radical (unpaired) electrons. The van der Waals surface area contributed by atoms with E-state index in [1.807, 2.05) is 0 Å². The molecule has 1 aromatic carbocycles. The third-order valence-electron chi connectivity index (χ3n) is 3.76. The maximum Gasteiger partial charge on any atom is 0.0208 e. The fourth-order valence-corrected chi connectivity index (χ4v) is 2.51. The number of aryl methyl sites for hydroxylation is 1. The van der Waals surface area contributed by atoms with Gasteiger partial charge in [-0.25, -0.2) is 0 Å². The monoisotopic (exact) mass is 232 g/mol. The van der Waals surface area contributed by atoms with E-state index in [2.05, 4.69) is 41.8 Å². The lowest BCUT2D eigenvalue weighted by atomic mass is 9.95. The number of rotatable bonds is 5. The molecule has 0 aliphatic carbocycles. The molecule has 1 fully saturated rings. The number of nitrogens with one attached hydrogen (secondary N) is 2. The van der Waals surface area contributed by atoms with Crippen LogP contribution in [0.3, 0.4) is 0 Å². The summed E-state index contributed by atoms with van der Waals surface area (Å²) in [4.78, 5) is 0. The van der Waals surface area contributed by atoms with E-state index in [-0.39, 0.29) is 0 Å². The molecule has 0 amide bonds. The second kappa shape index (κ2) is 6.77. The zero-order valence-corrected chi connectivity index (χ0v) is 10.8. The van der Waals surface area contributed by atoms with Crippen LogP contribution in [0.4, 0.5) is 0 Å². The maximum atomic E-state index is 3.57. The molecule has 0 unspecified atom stereocenters. The first-order chi connectivity index (χ1) is 8.36. The highest BCUT2D eigenvalue weighted by molar-refractivity contribution is 5.25. The van der Waals surface area contributed by atoms with E-state index in [0.717, 1.165) is 19.0 Å². The summed E-state index contributed by atoms with van der Waals surface area (Å²) in [5.74, 6) is 0.931. The van der Waals surface area contributed by atoms with Gasteiger partial charge in [0.1, 0.15) is 0 Å². The molecule has 1 aliphatic rings. The first kappa shape index (κ1) is 12.6. The molecular formula is C15H24N2. The summed E-state index contributed by atoms with van der Waals surface area (Å²) in [5, 5.41) is 6.99. The van der Waals surface area contributed by atoms with Gasteiger partial charge in [-0.15, -0.1) is 0 Å². The molecule has 2 rings (SSSR count). The van der Waals surface area contributed by atoms with Crippen LogP contribution < -0.4 is 10.6 Å². The van der Waals surface area contributed by atoms with E-state index in [1.54, 1.807) is 0 Å². The summed E-state index contributed by atoms with van der Waals surface area (Å²) in [6.45, 7) is 6.77. The normalized spacial score (nSPS) is 17.2. The van der Waals surface area contributed by atoms with Crippen molar-refractivity contribution >= 4 is 0 Å². The van der Waals surface area contributed by atoms with Crippen LogP contribution in [-0.2, 0) is 6.54 Å². The van der Waals surface area contributed by atoms with Crippen LogP contribution in [0, 0.1) is 12.8 Å². The molecule has 1 aromatic rings. The van der Waals surface area contributed by atoms with E-state index >= 15 is 0 Å². The van der Waals surface area contributed by atoms with Crippen LogP contribution in [0.5, 0.6) is 0 Å². The molecule has 1 heterocycles. The first-order valence-electron chi connectivity index (χ1n) is 6.82. The minimum atomic E-state index is 0.931. The molecule has 2 nitrogen and oxygen atoms in total. The molecule has 0 spiro atoms. The Morgan fingerprint density at radius 2 is 2.00 bits per heavy atom. The smallest absolute Gasteiger partial charge is 0.0208 e. The van der Waals surface area contributed by atoms with Gasteiger partial charge in [0.05, 0.1) is 0 Å². The quantitative estimate of drug-likeness (QED) is 0.762. The third-order valence-corrected chi connectivity index (χ3v) is 3.76. The van der Waals surface area contributed by atoms with Gasteiger partial charge in [0.15, 0.2) is 0 Å². The fraction of sp³-hybridized carbons (Fsp3) is 0.600. The van der Waals surface area contributed by atoms with Crippen LogP contribution >= 0.6 is 0 Å². The number of benzene rings is 1. The highest BCUT2D eigenvalue weighted by atomic mass is 14.9. The lowest BCUT2D eigenvalue weighted by Crippen LogP contribution is -2.29. The predicted molar refractivity (Wildman–Crippen MR) is 73.1 cm³/mol. The number of piperidine rings is 1. The van der Waals surface area contributed by atoms with Crippen molar-refractivity contribution in [1.82, 2.24) is 10.6 Å². The van der Waals surface area contributed by atoms with E-state index in [4.69, 9.17) is 0 Å². The SMILES string of the molecule is Cc1ccccc1CNCCC1CCNCC1. The van der Waals surface area contributed by atoms with Crippen LogP contribution in [0.15, 0.2) is 24.3 Å². The Kier molecular flexibility index (Phi) is 5.02. The van der Waals surface area contributed by atoms with Gasteiger partial charge in [-0.2, -0.15) is 0 Å². The Hall–Kier alpha value is -0.860. The summed E-state index contributed by atoms with van der Waals surface area (Å²) in [6, 6.07) is 8.63. The molecule has 1 aliphatic heterocycles. The molecule has 0 saturated carbocycles. The number of hydrogen-bond acceptors (Lipinski definition) is 2. The zero-order valence-electron chi connectivity index (χ0n) is 10.8. The van der Waals surface area contributed by atoms with Crippen molar-refractivity contribution in [3.8, 4) is 0 Å². The lowest BCUT2D eigenvalue weighted by molar-refractivity contribution is 0.348. The predicted octanol–water partition coefficient (Wildman–Crippen LogP) is 2.47. The average molecular weight is 232 g/mol. The third kappa shape index (κ3) is 4.14. The molecule has 0 aromatic heterocycles. The van der Waals surface area contributed by atoms with E-state index < -0.39 is 0 Å². The van der Waals surface area contributed by atoms with Crippen molar-refractivity contribution in [1.29, 1.82) is 0 Å². The summed E-state index contributed by atoms with van der Waals surface area (Å²) in [6.07, 6.45) is 4.03. The average Bonchev–Trinajstić information content (AvgIpc) is 2.38. The van der Waals surface area contributed by atoms with Crippen molar-refractivity contribution in [2.24, 2.45) is 5.92 Å². The fourth-order valence-electron chi connectivity index (χ4n) is 2.51. The van der Waals surface area contributed by atoms with Crippen molar-refractivity contribution in [3.63, 3.8) is 0 Å². The highest BCUT2D eigenvalue weighted by Gasteiger charge is 2.11. The molecular weight excluding hydrogens is 208 g/mol. The topological polar surface area (TPSA) is 24.1 Å². The molecule has 2 heteroatoms. The van der Waals surface area contributed by atoms with Gasteiger partial charge in [0, 0.05) is 6.54 Å². The van der Waals surface area contributed by atoms with Gasteiger partial charge in [-0.05, 0) is 62.9 Å². The first-order valence-corrected chi connectivity index (χ1v) is 6.82. The van der Waals surface area contributed by atoms with E-state index in [0.29, 0.717) is 0 Å². The summed E-state index contributed by atoms with van der Waals surface area (Å²) >= 11 is 0. The highest BCUT2D eigenvalue weighted by Crippen LogP contribution is 2.15. The minimum absolute atomic E-state index is 0.931. The molecule has 0 bridgehead atoms. The van der Waals surface area contributed by atoms with Gasteiger partial charge in [0.25, 0.3) is 0 Å². The van der Waals surface area contributed by atoms with Crippen LogP contribution in [-0.4, -0.2) is 19.6 Å². The van der Waals surface area contributed by atoms with E-state index in [9.17, 15) is 0 Å². The van der Waals surface area contributed by atoms with Crippen molar-refractivity contribution in [2.45, 2.75) is 32.7 Å². The molecule has 17 heavy (non-hydrogen) atoms. The van der Waals surface area contributed by atoms with Crippen LogP contribution in [0.1, 0.15) is 30.4 Å². The summed E-state index contributed by atoms with van der Waals surface area (Å²) < 4.78 is 0. The Morgan fingerprint density at radius 1 is 1.24 bits per heavy atom. The number of hydrogen-bond donors (Lipinski definition) is 2. The standard InChI is InChI=1S/C15H24N2/c1-13-4-2-3-5-15(13)12-17-11-8-14-6-9-16-10-7-14/h2-5,14,16-17H,6-12H2,1H3. The second-order valence-corrected chi connectivity index (χ2v) is 5.09. The van der Waals surface area contributed by atoms with Crippen LogP contribution in [0.25, 0.3) is 0 Å². The summed E-state index contributed by atoms with van der Waals surface area (Å²) in [5.41, 5.74) is 2.82. The van der Waals surface area contributed by atoms with Crippen LogP contribution in [0.2, 0.25) is 0 Å². The lowest BCUT2D eigenvalue weighted by Gasteiger charge is -2.22. The van der Waals surface area contributed by atoms with Crippen molar-refractivity contribution in [3.05, 3.63) is 35.4 Å². The van der Waals surface area contributed by atoms with Gasteiger partial charge in [-0.1, -0.05) is 24.3 Å². The molecule has 1 saturated heterocycles. The Balaban J connectivity index is 1.64. The minimum Gasteiger partial charge on any atom is -0.317 e. The van der Waals surface area contributed by atoms with Gasteiger partial charge in [-0.3, -0.25) is 0 Å². The Morgan fingerprint density at radius 3 is 2.76 bits per heavy atom. The second-order valence-electron chi connectivity index (χ2n) is 5.09. The molecule has 2 N–H and O–H groups in total. The molecule has 0 atom stereocenters. The molecule has 94 valence electrons. The van der Waals surface area contributed by atoms with Gasteiger partial charge in [0.2, 0.25) is 0 Å². The van der Waals surface area contributed by atoms with Gasteiger partial charge < -0.3 is 10.6 Å².